The molecule has 0 saturated carbocycles. The SMILES string of the molecule is C[C@@H](c1ccccc1)N(C)C[C@@H]1C[C@H](c2ccc(CO)cc2)O[C@H](c2ccc(CNC(=O)c3ccccc3)cc2)O1. The van der Waals surface area contributed by atoms with E-state index in [0.29, 0.717) is 12.1 Å². The molecule has 41 heavy (non-hydrogen) atoms. The van der Waals surface area contributed by atoms with Gasteiger partial charge in [-0.05, 0) is 48.4 Å². The minimum absolute atomic E-state index is 0.0144. The zero-order valence-electron chi connectivity index (χ0n) is 23.6. The third kappa shape index (κ3) is 7.48. The molecule has 4 atom stereocenters. The van der Waals surface area contributed by atoms with Crippen molar-refractivity contribution >= 4 is 5.91 Å². The number of likely N-dealkylation sites (N-methyl/N-ethyl adjacent to an activating group) is 1. The first kappa shape index (κ1) is 28.7. The monoisotopic (exact) mass is 550 g/mol. The van der Waals surface area contributed by atoms with Gasteiger partial charge in [-0.25, -0.2) is 0 Å². The molecule has 2 N–H and O–H groups in total. The second kappa shape index (κ2) is 13.7. The summed E-state index contributed by atoms with van der Waals surface area (Å²) in [6, 6.07) is 36.0. The van der Waals surface area contributed by atoms with E-state index in [0.717, 1.165) is 35.2 Å². The smallest absolute Gasteiger partial charge is 0.251 e. The first-order chi connectivity index (χ1) is 20.0. The van der Waals surface area contributed by atoms with Crippen molar-refractivity contribution in [1.29, 1.82) is 0 Å². The van der Waals surface area contributed by atoms with Gasteiger partial charge in [-0.3, -0.25) is 9.69 Å². The number of aliphatic hydroxyl groups excluding tert-OH is 1. The number of aliphatic hydroxyl groups is 1. The molecule has 0 aromatic heterocycles. The van der Waals surface area contributed by atoms with Crippen molar-refractivity contribution in [3.8, 4) is 0 Å². The molecule has 4 aromatic rings. The Balaban J connectivity index is 1.29. The van der Waals surface area contributed by atoms with Crippen LogP contribution < -0.4 is 5.32 Å². The van der Waals surface area contributed by atoms with Gasteiger partial charge in [0.05, 0.1) is 18.8 Å². The number of hydrogen-bond acceptors (Lipinski definition) is 5. The van der Waals surface area contributed by atoms with Crippen LogP contribution in [0.25, 0.3) is 0 Å². The minimum Gasteiger partial charge on any atom is -0.392 e. The van der Waals surface area contributed by atoms with Gasteiger partial charge >= 0.3 is 0 Å². The van der Waals surface area contributed by atoms with E-state index in [-0.39, 0.29) is 30.8 Å². The van der Waals surface area contributed by atoms with Gasteiger partial charge in [-0.1, -0.05) is 97.1 Å². The topological polar surface area (TPSA) is 71.0 Å². The summed E-state index contributed by atoms with van der Waals surface area (Å²) in [4.78, 5) is 14.8. The summed E-state index contributed by atoms with van der Waals surface area (Å²) in [5.41, 5.74) is 5.79. The molecule has 0 radical (unpaired) electrons. The first-order valence-corrected chi connectivity index (χ1v) is 14.2. The van der Waals surface area contributed by atoms with Gasteiger partial charge in [0.15, 0.2) is 6.29 Å². The van der Waals surface area contributed by atoms with E-state index in [2.05, 4.69) is 48.5 Å². The Bertz CT molecular complexity index is 1380. The lowest BCUT2D eigenvalue weighted by molar-refractivity contribution is -0.253. The molecule has 1 amide bonds. The zero-order valence-corrected chi connectivity index (χ0v) is 23.6. The Labute approximate surface area is 242 Å². The molecule has 1 saturated heterocycles. The molecule has 0 aliphatic carbocycles. The van der Waals surface area contributed by atoms with Crippen LogP contribution in [0.15, 0.2) is 109 Å². The molecule has 0 bridgehead atoms. The number of ether oxygens (including phenoxy) is 2. The maximum atomic E-state index is 12.4. The molecular weight excluding hydrogens is 512 g/mol. The van der Waals surface area contributed by atoms with Gasteiger partial charge in [-0.15, -0.1) is 0 Å². The van der Waals surface area contributed by atoms with Crippen LogP contribution >= 0.6 is 0 Å². The third-order valence-electron chi connectivity index (χ3n) is 7.79. The number of benzene rings is 4. The first-order valence-electron chi connectivity index (χ1n) is 14.2. The fourth-order valence-electron chi connectivity index (χ4n) is 5.16. The lowest BCUT2D eigenvalue weighted by Gasteiger charge is -2.39. The van der Waals surface area contributed by atoms with E-state index in [1.165, 1.54) is 5.56 Å². The summed E-state index contributed by atoms with van der Waals surface area (Å²) >= 11 is 0. The van der Waals surface area contributed by atoms with Crippen LogP contribution in [0, 0.1) is 0 Å². The van der Waals surface area contributed by atoms with Gasteiger partial charge in [0.25, 0.3) is 5.91 Å². The summed E-state index contributed by atoms with van der Waals surface area (Å²) < 4.78 is 13.1. The minimum atomic E-state index is -0.523. The average molecular weight is 551 g/mol. The van der Waals surface area contributed by atoms with Crippen LogP contribution in [-0.2, 0) is 22.6 Å². The van der Waals surface area contributed by atoms with E-state index >= 15 is 0 Å². The normalized spacial score (nSPS) is 19.6. The quantitative estimate of drug-likeness (QED) is 0.241. The van der Waals surface area contributed by atoms with Crippen LogP contribution in [-0.4, -0.2) is 35.6 Å². The highest BCUT2D eigenvalue weighted by Gasteiger charge is 2.33. The van der Waals surface area contributed by atoms with E-state index in [4.69, 9.17) is 9.47 Å². The predicted molar refractivity (Wildman–Crippen MR) is 160 cm³/mol. The number of nitrogens with one attached hydrogen (secondary N) is 1. The molecule has 5 rings (SSSR count). The molecule has 1 fully saturated rings. The summed E-state index contributed by atoms with van der Waals surface area (Å²) in [7, 11) is 2.13. The lowest BCUT2D eigenvalue weighted by atomic mass is 9.99. The van der Waals surface area contributed by atoms with Crippen LogP contribution in [0.3, 0.4) is 0 Å². The molecular formula is C35H38N2O4. The number of rotatable bonds is 10. The van der Waals surface area contributed by atoms with Crippen molar-refractivity contribution in [3.63, 3.8) is 0 Å². The van der Waals surface area contributed by atoms with Gasteiger partial charge < -0.3 is 19.9 Å². The predicted octanol–water partition coefficient (Wildman–Crippen LogP) is 6.35. The number of carbonyl (C=O) groups is 1. The summed E-state index contributed by atoms with van der Waals surface area (Å²) in [5, 5.41) is 12.5. The van der Waals surface area contributed by atoms with Crippen molar-refractivity contribution in [2.45, 2.75) is 51.0 Å². The Hall–Kier alpha value is -3.81. The molecule has 4 aromatic carbocycles. The fourth-order valence-corrected chi connectivity index (χ4v) is 5.16. The van der Waals surface area contributed by atoms with E-state index in [1.54, 1.807) is 12.1 Å². The number of carbonyl (C=O) groups excluding carboxylic acids is 1. The standard InChI is InChI=1S/C35H38N2O4/c1-25(28-9-5-3-6-10-28)37(2)23-32-21-33(29-17-15-27(24-38)16-18-29)41-35(40-32)31-19-13-26(14-20-31)22-36-34(39)30-11-7-4-8-12-30/h3-20,25,32-33,35,38H,21-24H2,1-2H3,(H,36,39)/t25-,32-,33+,35+/m0/s1. The molecule has 1 heterocycles. The zero-order chi connectivity index (χ0) is 28.6. The third-order valence-corrected chi connectivity index (χ3v) is 7.79. The maximum Gasteiger partial charge on any atom is 0.251 e. The maximum absolute atomic E-state index is 12.4. The van der Waals surface area contributed by atoms with Crippen molar-refractivity contribution in [1.82, 2.24) is 10.2 Å². The molecule has 6 heteroatoms. The summed E-state index contributed by atoms with van der Waals surface area (Å²) in [6.07, 6.45) is 0.0171. The van der Waals surface area contributed by atoms with E-state index < -0.39 is 6.29 Å². The Morgan fingerprint density at radius 3 is 2.12 bits per heavy atom. The highest BCUT2D eigenvalue weighted by Crippen LogP contribution is 2.38. The average Bonchev–Trinajstić information content (AvgIpc) is 3.04. The highest BCUT2D eigenvalue weighted by atomic mass is 16.7. The second-order valence-electron chi connectivity index (χ2n) is 10.7. The second-order valence-corrected chi connectivity index (χ2v) is 10.7. The lowest BCUT2D eigenvalue weighted by Crippen LogP contribution is -2.38. The molecule has 6 nitrogen and oxygen atoms in total. The van der Waals surface area contributed by atoms with Crippen molar-refractivity contribution in [2.75, 3.05) is 13.6 Å². The van der Waals surface area contributed by atoms with Crippen LogP contribution in [0.4, 0.5) is 0 Å². The number of nitrogens with zero attached hydrogens (tertiary/aromatic N) is 1. The van der Waals surface area contributed by atoms with Crippen LogP contribution in [0.2, 0.25) is 0 Å². The Kier molecular flexibility index (Phi) is 9.59. The van der Waals surface area contributed by atoms with Crippen molar-refractivity contribution in [3.05, 3.63) is 143 Å². The fraction of sp³-hybridized carbons (Fsp3) is 0.286. The van der Waals surface area contributed by atoms with Gasteiger partial charge in [0.1, 0.15) is 0 Å². The van der Waals surface area contributed by atoms with Gasteiger partial charge in [0, 0.05) is 36.7 Å². The molecule has 0 unspecified atom stereocenters. The van der Waals surface area contributed by atoms with E-state index in [1.807, 2.05) is 72.8 Å². The highest BCUT2D eigenvalue weighted by molar-refractivity contribution is 5.94. The van der Waals surface area contributed by atoms with Gasteiger partial charge in [0.2, 0.25) is 0 Å². The molecule has 212 valence electrons. The number of hydrogen-bond donors (Lipinski definition) is 2. The number of amides is 1. The van der Waals surface area contributed by atoms with Crippen molar-refractivity contribution < 1.29 is 19.4 Å². The Morgan fingerprint density at radius 1 is 0.854 bits per heavy atom. The largest absolute Gasteiger partial charge is 0.392 e. The van der Waals surface area contributed by atoms with Crippen LogP contribution in [0.1, 0.15) is 70.0 Å². The van der Waals surface area contributed by atoms with Gasteiger partial charge in [-0.2, -0.15) is 0 Å². The van der Waals surface area contributed by atoms with E-state index in [9.17, 15) is 9.90 Å². The van der Waals surface area contributed by atoms with Crippen molar-refractivity contribution in [2.24, 2.45) is 0 Å². The molecule has 1 aliphatic rings. The summed E-state index contributed by atoms with van der Waals surface area (Å²) in [6.45, 7) is 3.42. The Morgan fingerprint density at radius 2 is 1.46 bits per heavy atom. The van der Waals surface area contributed by atoms with Crippen LogP contribution in [0.5, 0.6) is 0 Å². The molecule has 0 spiro atoms. The summed E-state index contributed by atoms with van der Waals surface area (Å²) in [5.74, 6) is -0.0969. The molecule has 1 aliphatic heterocycles.